The van der Waals surface area contributed by atoms with Gasteiger partial charge in [-0.25, -0.2) is 0 Å². The van der Waals surface area contributed by atoms with Gasteiger partial charge < -0.3 is 9.31 Å². The molecule has 0 N–H and O–H groups in total. The van der Waals surface area contributed by atoms with E-state index in [1.807, 2.05) is 0 Å². The molecule has 1 unspecified atom stereocenters. The first-order valence-electron chi connectivity index (χ1n) is 3.89. The van der Waals surface area contributed by atoms with Crippen LogP contribution in [0.2, 0.25) is 0 Å². The summed E-state index contributed by atoms with van der Waals surface area (Å²) in [6, 6.07) is 0. The largest absolute Gasteiger partial charge is 0.476 e. The maximum absolute atomic E-state index is 6.11. The summed E-state index contributed by atoms with van der Waals surface area (Å²) in [6.45, 7) is 7.58. The lowest BCUT2D eigenvalue weighted by Gasteiger charge is -2.25. The van der Waals surface area contributed by atoms with Gasteiger partial charge >= 0.3 is 7.12 Å². The molecule has 1 saturated heterocycles. The third kappa shape index (κ3) is 2.36. The third-order valence-electron chi connectivity index (χ3n) is 1.71. The topological polar surface area (TPSA) is 18.5 Å². The standard InChI is InChI=1S/C7H14BClO2/c1-7(2,3)6(9)8-10-4-5-11-8/h6H,4-5H2,1-3H3. The highest BCUT2D eigenvalue weighted by Crippen LogP contribution is 2.28. The van der Waals surface area contributed by atoms with Crippen molar-refractivity contribution in [1.29, 1.82) is 0 Å². The van der Waals surface area contributed by atoms with Crippen LogP contribution >= 0.6 is 11.6 Å². The first-order valence-corrected chi connectivity index (χ1v) is 4.33. The molecule has 1 aliphatic rings. The average Bonchev–Trinajstić information content (AvgIpc) is 2.34. The second kappa shape index (κ2) is 3.34. The highest BCUT2D eigenvalue weighted by molar-refractivity contribution is 6.60. The van der Waals surface area contributed by atoms with Crippen molar-refractivity contribution < 1.29 is 9.31 Å². The maximum Gasteiger partial charge on any atom is 0.476 e. The van der Waals surface area contributed by atoms with Crippen molar-refractivity contribution in [2.24, 2.45) is 5.41 Å². The fourth-order valence-electron chi connectivity index (χ4n) is 0.954. The summed E-state index contributed by atoms with van der Waals surface area (Å²) in [7, 11) is -0.211. The van der Waals surface area contributed by atoms with Crippen LogP contribution in [0, 0.1) is 5.41 Å². The fourth-order valence-corrected chi connectivity index (χ4v) is 1.10. The second-order valence-corrected chi connectivity index (χ2v) is 4.35. The Kier molecular flexibility index (Phi) is 2.84. The highest BCUT2D eigenvalue weighted by Gasteiger charge is 2.39. The van der Waals surface area contributed by atoms with E-state index in [0.717, 1.165) is 0 Å². The molecular weight excluding hydrogens is 162 g/mol. The molecule has 0 radical (unpaired) electrons. The lowest BCUT2D eigenvalue weighted by Crippen LogP contribution is -2.38. The summed E-state index contributed by atoms with van der Waals surface area (Å²) < 4.78 is 10.6. The summed E-state index contributed by atoms with van der Waals surface area (Å²) >= 11 is 6.11. The Morgan fingerprint density at radius 2 is 1.73 bits per heavy atom. The minimum Gasteiger partial charge on any atom is -0.408 e. The van der Waals surface area contributed by atoms with E-state index in [2.05, 4.69) is 20.8 Å². The Morgan fingerprint density at radius 1 is 1.27 bits per heavy atom. The summed E-state index contributed by atoms with van der Waals surface area (Å²) in [4.78, 5) is 0. The van der Waals surface area contributed by atoms with Crippen LogP contribution in [0.4, 0.5) is 0 Å². The van der Waals surface area contributed by atoms with E-state index in [-0.39, 0.29) is 17.8 Å². The first-order chi connectivity index (χ1) is 5.02. The van der Waals surface area contributed by atoms with Crippen LogP contribution in [0.5, 0.6) is 0 Å². The molecular formula is C7H14BClO2. The quantitative estimate of drug-likeness (QED) is 0.447. The van der Waals surface area contributed by atoms with Gasteiger partial charge in [0.1, 0.15) is 0 Å². The molecule has 11 heavy (non-hydrogen) atoms. The Labute approximate surface area is 73.3 Å². The SMILES string of the molecule is CC(C)(C)C(Cl)B1OCCO1. The number of hydrogen-bond acceptors (Lipinski definition) is 2. The number of hydrogen-bond donors (Lipinski definition) is 0. The van der Waals surface area contributed by atoms with Gasteiger partial charge in [0.25, 0.3) is 0 Å². The molecule has 0 bridgehead atoms. The van der Waals surface area contributed by atoms with Crippen molar-refractivity contribution in [3.8, 4) is 0 Å². The van der Waals surface area contributed by atoms with Crippen LogP contribution in [-0.4, -0.2) is 25.6 Å². The highest BCUT2D eigenvalue weighted by atomic mass is 35.5. The maximum atomic E-state index is 6.11. The molecule has 1 fully saturated rings. The van der Waals surface area contributed by atoms with Gasteiger partial charge in [0.15, 0.2) is 0 Å². The Hall–Kier alpha value is 0.275. The van der Waals surface area contributed by atoms with Crippen LogP contribution in [-0.2, 0) is 9.31 Å². The molecule has 0 aromatic rings. The van der Waals surface area contributed by atoms with Gasteiger partial charge in [0.2, 0.25) is 0 Å². The van der Waals surface area contributed by atoms with E-state index in [9.17, 15) is 0 Å². The molecule has 0 saturated carbocycles. The van der Waals surface area contributed by atoms with Gasteiger partial charge in [-0.3, -0.25) is 0 Å². The lowest BCUT2D eigenvalue weighted by atomic mass is 9.70. The van der Waals surface area contributed by atoms with Gasteiger partial charge in [0, 0.05) is 0 Å². The zero-order valence-electron chi connectivity index (χ0n) is 7.26. The minimum atomic E-state index is -0.211. The zero-order chi connectivity index (χ0) is 8.48. The summed E-state index contributed by atoms with van der Waals surface area (Å²) in [5, 5.41) is -0.0648. The smallest absolute Gasteiger partial charge is 0.408 e. The molecule has 1 atom stereocenters. The van der Waals surface area contributed by atoms with Gasteiger partial charge in [0.05, 0.1) is 18.5 Å². The Bertz CT molecular complexity index is 129. The van der Waals surface area contributed by atoms with Crippen molar-refractivity contribution >= 4 is 18.7 Å². The van der Waals surface area contributed by atoms with Crippen LogP contribution < -0.4 is 0 Å². The summed E-state index contributed by atoms with van der Waals surface area (Å²) in [5.74, 6) is 0. The summed E-state index contributed by atoms with van der Waals surface area (Å²) in [6.07, 6.45) is 0. The van der Waals surface area contributed by atoms with Crippen LogP contribution in [0.3, 0.4) is 0 Å². The van der Waals surface area contributed by atoms with Gasteiger partial charge in [-0.1, -0.05) is 20.8 Å². The zero-order valence-corrected chi connectivity index (χ0v) is 8.02. The molecule has 1 rings (SSSR count). The van der Waals surface area contributed by atoms with Crippen LogP contribution in [0.15, 0.2) is 0 Å². The number of rotatable bonds is 1. The van der Waals surface area contributed by atoms with Crippen LogP contribution in [0.25, 0.3) is 0 Å². The molecule has 0 aromatic carbocycles. The van der Waals surface area contributed by atoms with Gasteiger partial charge in [-0.05, 0) is 5.41 Å². The fraction of sp³-hybridized carbons (Fsp3) is 1.00. The van der Waals surface area contributed by atoms with Crippen LogP contribution in [0.1, 0.15) is 20.8 Å². The number of halogens is 1. The van der Waals surface area contributed by atoms with Crippen molar-refractivity contribution in [3.05, 3.63) is 0 Å². The normalized spacial score (nSPS) is 22.4. The van der Waals surface area contributed by atoms with E-state index in [0.29, 0.717) is 13.2 Å². The van der Waals surface area contributed by atoms with E-state index in [1.54, 1.807) is 0 Å². The minimum absolute atomic E-state index is 0.0383. The predicted octanol–water partition coefficient (Wildman–Crippen LogP) is 1.71. The van der Waals surface area contributed by atoms with Crippen molar-refractivity contribution in [3.63, 3.8) is 0 Å². The molecule has 0 aliphatic carbocycles. The van der Waals surface area contributed by atoms with Gasteiger partial charge in [-0.2, -0.15) is 0 Å². The molecule has 0 aromatic heterocycles. The Balaban J connectivity index is 2.46. The molecule has 0 amide bonds. The molecule has 1 aliphatic heterocycles. The lowest BCUT2D eigenvalue weighted by molar-refractivity contribution is 0.326. The van der Waals surface area contributed by atoms with E-state index >= 15 is 0 Å². The second-order valence-electron chi connectivity index (χ2n) is 3.88. The average molecular weight is 176 g/mol. The monoisotopic (exact) mass is 176 g/mol. The first kappa shape index (κ1) is 9.36. The van der Waals surface area contributed by atoms with Crippen molar-refractivity contribution in [1.82, 2.24) is 0 Å². The van der Waals surface area contributed by atoms with Crippen molar-refractivity contribution in [2.75, 3.05) is 13.2 Å². The molecule has 4 heteroatoms. The molecule has 2 nitrogen and oxygen atoms in total. The molecule has 64 valence electrons. The van der Waals surface area contributed by atoms with E-state index in [1.165, 1.54) is 0 Å². The number of alkyl halides is 1. The summed E-state index contributed by atoms with van der Waals surface area (Å²) in [5.41, 5.74) is 0.0383. The molecule has 0 spiro atoms. The van der Waals surface area contributed by atoms with E-state index in [4.69, 9.17) is 20.9 Å². The van der Waals surface area contributed by atoms with E-state index < -0.39 is 0 Å². The molecule has 1 heterocycles. The van der Waals surface area contributed by atoms with Crippen molar-refractivity contribution in [2.45, 2.75) is 26.0 Å². The Morgan fingerprint density at radius 3 is 2.09 bits per heavy atom. The van der Waals surface area contributed by atoms with Gasteiger partial charge in [-0.15, -0.1) is 11.6 Å². The predicted molar refractivity (Wildman–Crippen MR) is 46.8 cm³/mol. The third-order valence-corrected chi connectivity index (χ3v) is 2.57.